The molecule has 3 fully saturated rings. The third-order valence-electron chi connectivity index (χ3n) is 9.27. The smallest absolute Gasteiger partial charge is 0.250 e. The SMILES string of the molecule is NC(=O)c1cc(-c2ccccc2)cc2c(C3CCN(S(=O)(=O)CCN4CCC(N5CCOCC5)CC4)CC3)c[nH]c12. The van der Waals surface area contributed by atoms with Gasteiger partial charge in [0.25, 0.3) is 5.91 Å². The molecule has 0 saturated carbocycles. The Morgan fingerprint density at radius 1 is 0.927 bits per heavy atom. The van der Waals surface area contributed by atoms with E-state index < -0.39 is 15.9 Å². The van der Waals surface area contributed by atoms with Crippen molar-refractivity contribution in [2.24, 2.45) is 5.73 Å². The number of H-pyrrole nitrogens is 1. The number of aromatic amines is 1. The first-order valence-electron chi connectivity index (χ1n) is 14.9. The second kappa shape index (κ2) is 12.2. The Balaban J connectivity index is 1.07. The molecule has 9 nitrogen and oxygen atoms in total. The summed E-state index contributed by atoms with van der Waals surface area (Å²) in [7, 11) is -3.32. The van der Waals surface area contributed by atoms with Crippen molar-refractivity contribution >= 4 is 26.8 Å². The Labute approximate surface area is 242 Å². The van der Waals surface area contributed by atoms with E-state index in [-0.39, 0.29) is 11.7 Å². The summed E-state index contributed by atoms with van der Waals surface area (Å²) in [4.78, 5) is 20.5. The molecular weight excluding hydrogens is 538 g/mol. The number of primary amides is 1. The van der Waals surface area contributed by atoms with Gasteiger partial charge in [-0.3, -0.25) is 9.69 Å². The Kier molecular flexibility index (Phi) is 8.46. The number of benzene rings is 2. The summed E-state index contributed by atoms with van der Waals surface area (Å²) in [6.07, 6.45) is 5.66. The molecule has 0 unspecified atom stereocenters. The number of likely N-dealkylation sites (tertiary alicyclic amines) is 1. The largest absolute Gasteiger partial charge is 0.379 e. The summed E-state index contributed by atoms with van der Waals surface area (Å²) < 4.78 is 33.7. The number of morpholine rings is 1. The number of nitrogens with one attached hydrogen (secondary N) is 1. The maximum absolute atomic E-state index is 13.3. The van der Waals surface area contributed by atoms with Crippen LogP contribution in [0.4, 0.5) is 0 Å². The second-order valence-corrected chi connectivity index (χ2v) is 13.7. The van der Waals surface area contributed by atoms with Crippen molar-refractivity contribution in [3.63, 3.8) is 0 Å². The third-order valence-corrected chi connectivity index (χ3v) is 11.1. The van der Waals surface area contributed by atoms with Crippen molar-refractivity contribution in [3.05, 3.63) is 59.8 Å². The zero-order valence-corrected chi connectivity index (χ0v) is 24.4. The van der Waals surface area contributed by atoms with E-state index in [1.54, 1.807) is 4.31 Å². The molecule has 0 bridgehead atoms. The number of nitrogens with two attached hydrogens (primary N) is 1. The van der Waals surface area contributed by atoms with Gasteiger partial charge in [0.2, 0.25) is 10.0 Å². The molecule has 10 heteroatoms. The van der Waals surface area contributed by atoms with Crippen LogP contribution in [0, 0.1) is 0 Å². The molecule has 3 aliphatic heterocycles. The summed E-state index contributed by atoms with van der Waals surface area (Å²) in [6, 6.07) is 14.5. The summed E-state index contributed by atoms with van der Waals surface area (Å²) in [5, 5.41) is 0.988. The number of hydrogen-bond donors (Lipinski definition) is 2. The summed E-state index contributed by atoms with van der Waals surface area (Å²) >= 11 is 0. The molecule has 220 valence electrons. The van der Waals surface area contributed by atoms with E-state index in [0.717, 1.165) is 92.7 Å². The lowest BCUT2D eigenvalue weighted by Gasteiger charge is -2.40. The highest BCUT2D eigenvalue weighted by molar-refractivity contribution is 7.89. The summed E-state index contributed by atoms with van der Waals surface area (Å²) in [5.74, 6) is -0.0800. The van der Waals surface area contributed by atoms with E-state index in [0.29, 0.717) is 31.2 Å². The molecule has 3 aliphatic rings. The van der Waals surface area contributed by atoms with Crippen LogP contribution in [0.5, 0.6) is 0 Å². The minimum Gasteiger partial charge on any atom is -0.379 e. The zero-order chi connectivity index (χ0) is 28.4. The average Bonchev–Trinajstić information content (AvgIpc) is 3.45. The van der Waals surface area contributed by atoms with Crippen LogP contribution < -0.4 is 5.73 Å². The summed E-state index contributed by atoms with van der Waals surface area (Å²) in [6.45, 7) is 7.19. The lowest BCUT2D eigenvalue weighted by Crippen LogP contribution is -2.50. The molecule has 1 aromatic heterocycles. The van der Waals surface area contributed by atoms with Gasteiger partial charge in [-0.15, -0.1) is 0 Å². The first kappa shape index (κ1) is 28.4. The topological polar surface area (TPSA) is 112 Å². The Morgan fingerprint density at radius 2 is 1.63 bits per heavy atom. The number of nitrogens with zero attached hydrogens (tertiary/aromatic N) is 3. The maximum atomic E-state index is 13.3. The van der Waals surface area contributed by atoms with Crippen molar-refractivity contribution in [1.82, 2.24) is 19.1 Å². The Bertz CT molecular complexity index is 1450. The number of aromatic nitrogens is 1. The molecule has 0 spiro atoms. The standard InChI is InChI=1S/C31H41N5O4S/c32-31(37)28-21-25(23-4-2-1-3-5-23)20-27-29(22-33-30(27)28)24-6-12-36(13-7-24)41(38,39)19-16-34-10-8-26(9-11-34)35-14-17-40-18-15-35/h1-5,20-22,24,26,33H,6-19H2,(H2,32,37). The van der Waals surface area contributed by atoms with Gasteiger partial charge in [0.15, 0.2) is 0 Å². The number of sulfonamides is 1. The molecule has 3 N–H and O–H groups in total. The van der Waals surface area contributed by atoms with Crippen LogP contribution >= 0.6 is 0 Å². The predicted octanol–water partition coefficient (Wildman–Crippen LogP) is 3.24. The molecule has 3 aromatic rings. The van der Waals surface area contributed by atoms with Crippen molar-refractivity contribution < 1.29 is 17.9 Å². The van der Waals surface area contributed by atoms with E-state index in [2.05, 4.69) is 20.9 Å². The van der Waals surface area contributed by atoms with E-state index in [1.807, 2.05) is 42.6 Å². The Morgan fingerprint density at radius 3 is 2.32 bits per heavy atom. The van der Waals surface area contributed by atoms with E-state index in [4.69, 9.17) is 10.5 Å². The minimum absolute atomic E-state index is 0.176. The molecule has 4 heterocycles. The van der Waals surface area contributed by atoms with Crippen LogP contribution in [0.25, 0.3) is 22.0 Å². The van der Waals surface area contributed by atoms with Gasteiger partial charge in [-0.2, -0.15) is 0 Å². The fourth-order valence-electron chi connectivity index (χ4n) is 6.85. The lowest BCUT2D eigenvalue weighted by atomic mass is 9.88. The van der Waals surface area contributed by atoms with Gasteiger partial charge in [0, 0.05) is 50.3 Å². The normalized spacial score (nSPS) is 21.0. The highest BCUT2D eigenvalue weighted by Gasteiger charge is 2.31. The van der Waals surface area contributed by atoms with Crippen LogP contribution in [0.3, 0.4) is 0 Å². The number of carbonyl (C=O) groups excluding carboxylic acids is 1. The molecule has 1 amide bonds. The molecule has 2 aromatic carbocycles. The van der Waals surface area contributed by atoms with Gasteiger partial charge in [-0.1, -0.05) is 30.3 Å². The highest BCUT2D eigenvalue weighted by atomic mass is 32.2. The monoisotopic (exact) mass is 579 g/mol. The lowest BCUT2D eigenvalue weighted by molar-refractivity contribution is 0.00138. The fourth-order valence-corrected chi connectivity index (χ4v) is 8.37. The van der Waals surface area contributed by atoms with E-state index in [1.165, 1.54) is 0 Å². The van der Waals surface area contributed by atoms with Crippen LogP contribution in [-0.2, 0) is 14.8 Å². The van der Waals surface area contributed by atoms with Gasteiger partial charge >= 0.3 is 0 Å². The summed E-state index contributed by atoms with van der Waals surface area (Å²) in [5.41, 5.74) is 10.1. The van der Waals surface area contributed by atoms with Gasteiger partial charge in [0.1, 0.15) is 0 Å². The minimum atomic E-state index is -3.32. The number of ether oxygens (including phenoxy) is 1. The van der Waals surface area contributed by atoms with Crippen molar-refractivity contribution in [2.75, 3.05) is 64.8 Å². The first-order valence-corrected chi connectivity index (χ1v) is 16.5. The van der Waals surface area contributed by atoms with Crippen molar-refractivity contribution in [2.45, 2.75) is 37.6 Å². The van der Waals surface area contributed by atoms with Gasteiger partial charge < -0.3 is 20.4 Å². The molecule has 3 saturated heterocycles. The number of carbonyl (C=O) groups is 1. The maximum Gasteiger partial charge on any atom is 0.250 e. The first-order chi connectivity index (χ1) is 19.9. The van der Waals surface area contributed by atoms with Crippen molar-refractivity contribution in [3.8, 4) is 11.1 Å². The van der Waals surface area contributed by atoms with Gasteiger partial charge in [0.05, 0.1) is 30.0 Å². The third kappa shape index (κ3) is 6.22. The van der Waals surface area contributed by atoms with Crippen LogP contribution in [0.1, 0.15) is 47.5 Å². The molecule has 41 heavy (non-hydrogen) atoms. The van der Waals surface area contributed by atoms with Crippen LogP contribution in [0.15, 0.2) is 48.7 Å². The number of amides is 1. The zero-order valence-electron chi connectivity index (χ0n) is 23.6. The van der Waals surface area contributed by atoms with Gasteiger partial charge in [-0.05, 0) is 73.5 Å². The molecule has 0 atom stereocenters. The highest BCUT2D eigenvalue weighted by Crippen LogP contribution is 2.37. The molecule has 6 rings (SSSR count). The number of fused-ring (bicyclic) bond motifs is 1. The molecule has 0 radical (unpaired) electrons. The number of piperidine rings is 2. The molecular formula is C31H41N5O4S. The van der Waals surface area contributed by atoms with Crippen LogP contribution in [-0.4, -0.2) is 104 Å². The van der Waals surface area contributed by atoms with Gasteiger partial charge in [-0.25, -0.2) is 12.7 Å². The average molecular weight is 580 g/mol. The Hall–Kier alpha value is -2.76. The number of hydrogen-bond acceptors (Lipinski definition) is 6. The number of rotatable bonds is 8. The van der Waals surface area contributed by atoms with E-state index in [9.17, 15) is 13.2 Å². The van der Waals surface area contributed by atoms with Crippen LogP contribution in [0.2, 0.25) is 0 Å². The predicted molar refractivity (Wildman–Crippen MR) is 161 cm³/mol. The quantitative estimate of drug-likeness (QED) is 0.424. The fraction of sp³-hybridized carbons (Fsp3) is 0.516. The second-order valence-electron chi connectivity index (χ2n) is 11.6. The van der Waals surface area contributed by atoms with Crippen molar-refractivity contribution in [1.29, 1.82) is 0 Å². The molecule has 0 aliphatic carbocycles. The van der Waals surface area contributed by atoms with E-state index >= 15 is 0 Å².